The molecule has 0 amide bonds. The summed E-state index contributed by atoms with van der Waals surface area (Å²) in [6.45, 7) is 4.83. The second-order valence-corrected chi connectivity index (χ2v) is 7.91. The van der Waals surface area contributed by atoms with Crippen molar-refractivity contribution in [3.8, 4) is 17.2 Å². The van der Waals surface area contributed by atoms with Crippen molar-refractivity contribution in [2.75, 3.05) is 40.2 Å². The normalized spacial score (nSPS) is 22.6. The number of rotatable bonds is 9. The lowest BCUT2D eigenvalue weighted by atomic mass is 9.83. The number of carboxylic acid groups (broad SMARTS) is 1. The minimum Gasteiger partial charge on any atom is -0.497 e. The number of carboxylic acids is 1. The molecule has 2 aliphatic heterocycles. The molecule has 2 aromatic rings. The van der Waals surface area contributed by atoms with Crippen molar-refractivity contribution < 1.29 is 28.8 Å². The minimum atomic E-state index is -0.805. The average molecular weight is 427 g/mol. The van der Waals surface area contributed by atoms with E-state index in [9.17, 15) is 9.90 Å². The van der Waals surface area contributed by atoms with Crippen molar-refractivity contribution in [3.63, 3.8) is 0 Å². The van der Waals surface area contributed by atoms with Gasteiger partial charge in [-0.05, 0) is 41.8 Å². The van der Waals surface area contributed by atoms with E-state index in [-0.39, 0.29) is 18.8 Å². The summed E-state index contributed by atoms with van der Waals surface area (Å²) in [4.78, 5) is 14.7. The van der Waals surface area contributed by atoms with Gasteiger partial charge in [0.25, 0.3) is 0 Å². The van der Waals surface area contributed by atoms with Gasteiger partial charge in [0.15, 0.2) is 11.5 Å². The van der Waals surface area contributed by atoms with E-state index in [0.717, 1.165) is 23.3 Å². The Morgan fingerprint density at radius 3 is 2.55 bits per heavy atom. The third-order valence-electron chi connectivity index (χ3n) is 6.04. The molecule has 0 radical (unpaired) electrons. The Balaban J connectivity index is 1.66. The van der Waals surface area contributed by atoms with Gasteiger partial charge in [0.2, 0.25) is 6.79 Å². The molecule has 0 aliphatic carbocycles. The Morgan fingerprint density at radius 1 is 1.10 bits per heavy atom. The number of hydrogen-bond donors (Lipinski definition) is 1. The third-order valence-corrected chi connectivity index (χ3v) is 6.04. The van der Waals surface area contributed by atoms with E-state index in [2.05, 4.69) is 11.8 Å². The number of ether oxygens (including phenoxy) is 4. The molecule has 2 heterocycles. The molecule has 4 rings (SSSR count). The van der Waals surface area contributed by atoms with E-state index in [0.29, 0.717) is 37.8 Å². The molecule has 0 bridgehead atoms. The zero-order chi connectivity index (χ0) is 21.8. The molecule has 1 unspecified atom stereocenters. The number of nitrogens with zero attached hydrogens (tertiary/aromatic N) is 1. The van der Waals surface area contributed by atoms with E-state index in [1.54, 1.807) is 7.11 Å². The second-order valence-electron chi connectivity index (χ2n) is 7.91. The monoisotopic (exact) mass is 427 g/mol. The maximum atomic E-state index is 12.5. The first-order chi connectivity index (χ1) is 15.1. The Hall–Kier alpha value is -2.77. The van der Waals surface area contributed by atoms with Gasteiger partial charge in [0, 0.05) is 31.7 Å². The van der Waals surface area contributed by atoms with Gasteiger partial charge < -0.3 is 24.1 Å². The van der Waals surface area contributed by atoms with Crippen LogP contribution in [0.25, 0.3) is 0 Å². The molecule has 7 nitrogen and oxygen atoms in total. The molecule has 2 aliphatic rings. The summed E-state index contributed by atoms with van der Waals surface area (Å²) >= 11 is 0. The average Bonchev–Trinajstić information content (AvgIpc) is 3.41. The standard InChI is InChI=1S/C24H29NO6/c1-3-11-29-12-10-25-14-19(16-4-7-18(28-2)8-5-16)22(24(26)27)23(25)17-6-9-20-21(13-17)31-15-30-20/h4-9,13,19,22-23H,3,10-12,14-15H2,1-2H3,(H,26,27)/t19?,22-,23+/m0/s1. The quantitative estimate of drug-likeness (QED) is 0.612. The fourth-order valence-electron chi connectivity index (χ4n) is 4.57. The van der Waals surface area contributed by atoms with Crippen LogP contribution in [0.4, 0.5) is 0 Å². The van der Waals surface area contributed by atoms with Crippen molar-refractivity contribution in [1.29, 1.82) is 0 Å². The molecule has 1 fully saturated rings. The molecule has 7 heteroatoms. The van der Waals surface area contributed by atoms with Gasteiger partial charge in [0.1, 0.15) is 5.75 Å². The van der Waals surface area contributed by atoms with Gasteiger partial charge in [0.05, 0.1) is 19.6 Å². The second kappa shape index (κ2) is 9.58. The van der Waals surface area contributed by atoms with E-state index < -0.39 is 11.9 Å². The van der Waals surface area contributed by atoms with Gasteiger partial charge in [-0.1, -0.05) is 25.1 Å². The van der Waals surface area contributed by atoms with Crippen LogP contribution >= 0.6 is 0 Å². The summed E-state index contributed by atoms with van der Waals surface area (Å²) in [7, 11) is 1.62. The van der Waals surface area contributed by atoms with Gasteiger partial charge in [-0.2, -0.15) is 0 Å². The van der Waals surface area contributed by atoms with E-state index >= 15 is 0 Å². The van der Waals surface area contributed by atoms with Crippen LogP contribution in [0, 0.1) is 5.92 Å². The van der Waals surface area contributed by atoms with Crippen LogP contribution < -0.4 is 14.2 Å². The fourth-order valence-corrected chi connectivity index (χ4v) is 4.57. The minimum absolute atomic E-state index is 0.148. The van der Waals surface area contributed by atoms with Crippen LogP contribution in [0.5, 0.6) is 17.2 Å². The molecule has 2 aromatic carbocycles. The first-order valence-corrected chi connectivity index (χ1v) is 10.7. The highest BCUT2D eigenvalue weighted by atomic mass is 16.7. The number of aliphatic carboxylic acids is 1. The molecular weight excluding hydrogens is 398 g/mol. The lowest BCUT2D eigenvalue weighted by Gasteiger charge is -2.27. The number of hydrogen-bond acceptors (Lipinski definition) is 6. The van der Waals surface area contributed by atoms with Gasteiger partial charge >= 0.3 is 5.97 Å². The fraction of sp³-hybridized carbons (Fsp3) is 0.458. The van der Waals surface area contributed by atoms with Crippen LogP contribution in [0.3, 0.4) is 0 Å². The van der Waals surface area contributed by atoms with Gasteiger partial charge in [-0.3, -0.25) is 9.69 Å². The van der Waals surface area contributed by atoms with Crippen LogP contribution in [0.1, 0.15) is 36.4 Å². The van der Waals surface area contributed by atoms with Crippen LogP contribution in [0.15, 0.2) is 42.5 Å². The third kappa shape index (κ3) is 4.48. The summed E-state index contributed by atoms with van der Waals surface area (Å²) < 4.78 is 22.0. The van der Waals surface area contributed by atoms with Crippen LogP contribution in [-0.4, -0.2) is 56.2 Å². The highest BCUT2D eigenvalue weighted by Crippen LogP contribution is 2.47. The zero-order valence-corrected chi connectivity index (χ0v) is 18.0. The van der Waals surface area contributed by atoms with Crippen molar-refractivity contribution in [2.45, 2.75) is 25.3 Å². The largest absolute Gasteiger partial charge is 0.497 e. The number of likely N-dealkylation sites (tertiary alicyclic amines) is 1. The summed E-state index contributed by atoms with van der Waals surface area (Å²) in [6, 6.07) is 13.1. The smallest absolute Gasteiger partial charge is 0.309 e. The van der Waals surface area contributed by atoms with Crippen LogP contribution in [0.2, 0.25) is 0 Å². The predicted octanol–water partition coefficient (Wildman–Crippen LogP) is 3.69. The summed E-state index contributed by atoms with van der Waals surface area (Å²) in [5.41, 5.74) is 1.92. The van der Waals surface area contributed by atoms with Crippen molar-refractivity contribution >= 4 is 5.97 Å². The first-order valence-electron chi connectivity index (χ1n) is 10.7. The van der Waals surface area contributed by atoms with Crippen LogP contribution in [-0.2, 0) is 9.53 Å². The molecule has 1 saturated heterocycles. The molecule has 1 N–H and O–H groups in total. The van der Waals surface area contributed by atoms with E-state index in [4.69, 9.17) is 18.9 Å². The van der Waals surface area contributed by atoms with Gasteiger partial charge in [-0.15, -0.1) is 0 Å². The number of benzene rings is 2. The maximum Gasteiger partial charge on any atom is 0.309 e. The number of methoxy groups -OCH3 is 1. The number of fused-ring (bicyclic) bond motifs is 1. The first kappa shape index (κ1) is 21.5. The highest BCUT2D eigenvalue weighted by Gasteiger charge is 2.47. The highest BCUT2D eigenvalue weighted by molar-refractivity contribution is 5.74. The van der Waals surface area contributed by atoms with Crippen molar-refractivity contribution in [3.05, 3.63) is 53.6 Å². The molecular formula is C24H29NO6. The zero-order valence-electron chi connectivity index (χ0n) is 18.0. The Bertz CT molecular complexity index is 899. The van der Waals surface area contributed by atoms with Crippen molar-refractivity contribution in [1.82, 2.24) is 4.90 Å². The summed E-state index contributed by atoms with van der Waals surface area (Å²) in [5, 5.41) is 10.3. The Morgan fingerprint density at radius 2 is 1.84 bits per heavy atom. The Kier molecular flexibility index (Phi) is 6.63. The lowest BCUT2D eigenvalue weighted by Crippen LogP contribution is -2.31. The topological polar surface area (TPSA) is 77.5 Å². The number of carbonyl (C=O) groups is 1. The lowest BCUT2D eigenvalue weighted by molar-refractivity contribution is -0.143. The summed E-state index contributed by atoms with van der Waals surface area (Å²) in [6.07, 6.45) is 0.956. The maximum absolute atomic E-state index is 12.5. The SMILES string of the molecule is CCCOCCN1CC(c2ccc(OC)cc2)[C@H](C(=O)O)[C@H]1c1ccc2c(c1)OCO2. The van der Waals surface area contributed by atoms with E-state index in [1.807, 2.05) is 42.5 Å². The summed E-state index contributed by atoms with van der Waals surface area (Å²) in [5.74, 6) is 0.561. The molecule has 0 spiro atoms. The molecule has 0 aromatic heterocycles. The van der Waals surface area contributed by atoms with Crippen molar-refractivity contribution in [2.24, 2.45) is 5.92 Å². The predicted molar refractivity (Wildman–Crippen MR) is 115 cm³/mol. The molecule has 166 valence electrons. The van der Waals surface area contributed by atoms with Gasteiger partial charge in [-0.25, -0.2) is 0 Å². The molecule has 31 heavy (non-hydrogen) atoms. The molecule has 3 atom stereocenters. The Labute approximate surface area is 182 Å². The van der Waals surface area contributed by atoms with E-state index in [1.165, 1.54) is 0 Å². The molecule has 0 saturated carbocycles.